The third-order valence-electron chi connectivity index (χ3n) is 5.58. The van der Waals surface area contributed by atoms with Crippen molar-refractivity contribution in [2.45, 2.75) is 6.54 Å². The topological polar surface area (TPSA) is 70.9 Å². The molecule has 2 aromatic rings. The molecular weight excluding hydrogens is 388 g/mol. The number of hydrogen-bond acceptors (Lipinski definition) is 6. The van der Waals surface area contributed by atoms with Crippen molar-refractivity contribution in [3.63, 3.8) is 0 Å². The molecule has 2 aromatic carbocycles. The fraction of sp³-hybridized carbons (Fsp3) is 0.409. The van der Waals surface area contributed by atoms with Crippen LogP contribution < -0.4 is 28.6 Å². The van der Waals surface area contributed by atoms with Crippen molar-refractivity contribution in [1.82, 2.24) is 4.90 Å². The number of ether oxygens (including phenoxy) is 5. The maximum absolute atomic E-state index is 13.2. The first kappa shape index (κ1) is 20.2. The molecule has 0 spiro atoms. The van der Waals surface area contributed by atoms with Gasteiger partial charge in [-0.2, -0.15) is 0 Å². The number of amides is 1. The average Bonchev–Trinajstić information content (AvgIpc) is 3.26. The lowest BCUT2D eigenvalue weighted by atomic mass is 10.1. The van der Waals surface area contributed by atoms with Gasteiger partial charge in [0.05, 0.1) is 53.1 Å². The Morgan fingerprint density at radius 1 is 0.933 bits per heavy atom. The van der Waals surface area contributed by atoms with Crippen molar-refractivity contribution >= 4 is 5.91 Å². The lowest BCUT2D eigenvalue weighted by Crippen LogP contribution is -3.13. The van der Waals surface area contributed by atoms with Gasteiger partial charge in [0.15, 0.2) is 23.0 Å². The molecule has 8 nitrogen and oxygen atoms in total. The molecule has 0 unspecified atom stereocenters. The van der Waals surface area contributed by atoms with Gasteiger partial charge < -0.3 is 33.5 Å². The lowest BCUT2D eigenvalue weighted by Gasteiger charge is -2.32. The largest absolute Gasteiger partial charge is 0.496 e. The van der Waals surface area contributed by atoms with E-state index in [1.807, 2.05) is 17.0 Å². The van der Waals surface area contributed by atoms with Gasteiger partial charge in [-0.15, -0.1) is 0 Å². The summed E-state index contributed by atoms with van der Waals surface area (Å²) in [6, 6.07) is 9.45. The molecule has 0 atom stereocenters. The standard InChI is InChI=1S/C22H26N2O6/c1-26-18-12-20(28-3)19(27-2)11-16(18)22(25)24-8-6-23(7-9-24)13-15-4-5-17-21(10-15)30-14-29-17/h4-5,10-12H,6-9,13-14H2,1-3H3/p+1. The number of hydrogen-bond donors (Lipinski definition) is 1. The van der Waals surface area contributed by atoms with E-state index in [4.69, 9.17) is 23.7 Å². The van der Waals surface area contributed by atoms with Crippen molar-refractivity contribution in [3.8, 4) is 28.7 Å². The Labute approximate surface area is 175 Å². The predicted octanol–water partition coefficient (Wildman–Crippen LogP) is 0.982. The number of methoxy groups -OCH3 is 3. The van der Waals surface area contributed by atoms with Crippen LogP contribution in [-0.2, 0) is 6.54 Å². The maximum Gasteiger partial charge on any atom is 0.258 e. The smallest absolute Gasteiger partial charge is 0.258 e. The Morgan fingerprint density at radius 2 is 1.60 bits per heavy atom. The lowest BCUT2D eigenvalue weighted by molar-refractivity contribution is -0.917. The summed E-state index contributed by atoms with van der Waals surface area (Å²) < 4.78 is 26.9. The first-order valence-corrected chi connectivity index (χ1v) is 9.94. The highest BCUT2D eigenvalue weighted by molar-refractivity contribution is 5.98. The Hall–Kier alpha value is -3.13. The molecule has 0 aromatic heterocycles. The van der Waals surface area contributed by atoms with Crippen LogP contribution in [0.15, 0.2) is 30.3 Å². The van der Waals surface area contributed by atoms with Crippen LogP contribution in [0.1, 0.15) is 15.9 Å². The zero-order valence-electron chi connectivity index (χ0n) is 17.5. The van der Waals surface area contributed by atoms with Crippen LogP contribution in [0.4, 0.5) is 0 Å². The molecular formula is C22H27N2O6+. The first-order valence-electron chi connectivity index (χ1n) is 9.94. The predicted molar refractivity (Wildman–Crippen MR) is 109 cm³/mol. The van der Waals surface area contributed by atoms with Gasteiger partial charge in [0.25, 0.3) is 5.91 Å². The highest BCUT2D eigenvalue weighted by Crippen LogP contribution is 2.35. The van der Waals surface area contributed by atoms with E-state index >= 15 is 0 Å². The van der Waals surface area contributed by atoms with Gasteiger partial charge in [0.1, 0.15) is 12.3 Å². The van der Waals surface area contributed by atoms with E-state index < -0.39 is 0 Å². The summed E-state index contributed by atoms with van der Waals surface area (Å²) in [7, 11) is 4.66. The van der Waals surface area contributed by atoms with Crippen molar-refractivity contribution < 1.29 is 33.4 Å². The van der Waals surface area contributed by atoms with Crippen LogP contribution in [-0.4, -0.2) is 65.1 Å². The number of nitrogens with zero attached hydrogens (tertiary/aromatic N) is 1. The number of piperazine rings is 1. The quantitative estimate of drug-likeness (QED) is 0.759. The normalized spacial score (nSPS) is 15.8. The highest BCUT2D eigenvalue weighted by Gasteiger charge is 2.28. The molecule has 2 aliphatic heterocycles. The number of carbonyl (C=O) groups excluding carboxylic acids is 1. The van der Waals surface area contributed by atoms with Gasteiger partial charge in [0, 0.05) is 17.7 Å². The molecule has 1 amide bonds. The second kappa shape index (κ2) is 8.71. The van der Waals surface area contributed by atoms with E-state index in [0.29, 0.717) is 35.9 Å². The van der Waals surface area contributed by atoms with Crippen molar-refractivity contribution in [3.05, 3.63) is 41.5 Å². The minimum atomic E-state index is -0.0602. The van der Waals surface area contributed by atoms with Gasteiger partial charge >= 0.3 is 0 Å². The molecule has 8 heteroatoms. The summed E-state index contributed by atoms with van der Waals surface area (Å²) in [5, 5.41) is 0. The van der Waals surface area contributed by atoms with Gasteiger partial charge in [-0.05, 0) is 18.2 Å². The van der Waals surface area contributed by atoms with Crippen LogP contribution in [0.25, 0.3) is 0 Å². The maximum atomic E-state index is 13.2. The fourth-order valence-electron chi connectivity index (χ4n) is 3.91. The zero-order valence-corrected chi connectivity index (χ0v) is 17.5. The van der Waals surface area contributed by atoms with Gasteiger partial charge in [-0.25, -0.2) is 0 Å². The number of rotatable bonds is 6. The van der Waals surface area contributed by atoms with E-state index in [2.05, 4.69) is 6.07 Å². The van der Waals surface area contributed by atoms with E-state index in [9.17, 15) is 4.79 Å². The van der Waals surface area contributed by atoms with Crippen LogP contribution in [0.3, 0.4) is 0 Å². The number of benzene rings is 2. The van der Waals surface area contributed by atoms with Crippen LogP contribution in [0.2, 0.25) is 0 Å². The van der Waals surface area contributed by atoms with Crippen LogP contribution in [0, 0.1) is 0 Å². The molecule has 160 valence electrons. The summed E-state index contributed by atoms with van der Waals surface area (Å²) in [4.78, 5) is 16.4. The van der Waals surface area contributed by atoms with Gasteiger partial charge in [0.2, 0.25) is 6.79 Å². The molecule has 2 aliphatic rings. The Kier molecular flexibility index (Phi) is 5.85. The minimum Gasteiger partial charge on any atom is -0.496 e. The third-order valence-corrected chi connectivity index (χ3v) is 5.58. The van der Waals surface area contributed by atoms with Crippen molar-refractivity contribution in [1.29, 1.82) is 0 Å². The van der Waals surface area contributed by atoms with E-state index in [-0.39, 0.29) is 12.7 Å². The molecule has 0 saturated carbocycles. The second-order valence-corrected chi connectivity index (χ2v) is 7.31. The molecule has 0 radical (unpaired) electrons. The van der Waals surface area contributed by atoms with E-state index in [1.165, 1.54) is 10.5 Å². The molecule has 4 rings (SSSR count). The molecule has 2 heterocycles. The first-order chi connectivity index (χ1) is 14.6. The molecule has 1 fully saturated rings. The molecule has 0 aliphatic carbocycles. The van der Waals surface area contributed by atoms with Gasteiger partial charge in [-0.1, -0.05) is 0 Å². The Bertz CT molecular complexity index is 924. The number of quaternary nitrogens is 1. The van der Waals surface area contributed by atoms with Crippen molar-refractivity contribution in [2.75, 3.05) is 54.3 Å². The zero-order chi connectivity index (χ0) is 21.1. The SMILES string of the molecule is COc1cc(OC)c(C(=O)N2CC[NH+](Cc3ccc4c(c3)OCO4)CC2)cc1OC. The molecule has 1 saturated heterocycles. The molecule has 30 heavy (non-hydrogen) atoms. The molecule has 0 bridgehead atoms. The summed E-state index contributed by atoms with van der Waals surface area (Å²) in [6.07, 6.45) is 0. The van der Waals surface area contributed by atoms with Crippen molar-refractivity contribution in [2.24, 2.45) is 0 Å². The number of fused-ring (bicyclic) bond motifs is 1. The summed E-state index contributed by atoms with van der Waals surface area (Å²) >= 11 is 0. The highest BCUT2D eigenvalue weighted by atomic mass is 16.7. The summed E-state index contributed by atoms with van der Waals surface area (Å²) in [6.45, 7) is 4.27. The third kappa shape index (κ3) is 3.95. The van der Waals surface area contributed by atoms with E-state index in [0.717, 1.165) is 31.1 Å². The summed E-state index contributed by atoms with van der Waals surface area (Å²) in [5.41, 5.74) is 1.69. The minimum absolute atomic E-state index is 0.0602. The monoisotopic (exact) mass is 415 g/mol. The fourth-order valence-corrected chi connectivity index (χ4v) is 3.91. The Morgan fingerprint density at radius 3 is 2.30 bits per heavy atom. The van der Waals surface area contributed by atoms with Gasteiger partial charge in [-0.3, -0.25) is 4.79 Å². The number of carbonyl (C=O) groups is 1. The summed E-state index contributed by atoms with van der Waals surface area (Å²) in [5.74, 6) is 3.06. The second-order valence-electron chi connectivity index (χ2n) is 7.31. The average molecular weight is 415 g/mol. The Balaban J connectivity index is 1.41. The van der Waals surface area contributed by atoms with Crippen LogP contribution in [0.5, 0.6) is 28.7 Å². The number of nitrogens with one attached hydrogen (secondary N) is 1. The van der Waals surface area contributed by atoms with Crippen LogP contribution >= 0.6 is 0 Å². The van der Waals surface area contributed by atoms with E-state index in [1.54, 1.807) is 33.5 Å². The molecule has 1 N–H and O–H groups in total.